The van der Waals surface area contributed by atoms with Gasteiger partial charge in [-0.2, -0.15) is 0 Å². The monoisotopic (exact) mass is 324 g/mol. The molecule has 5 heteroatoms. The Morgan fingerprint density at radius 1 is 1.55 bits per heavy atom. The summed E-state index contributed by atoms with van der Waals surface area (Å²) < 4.78 is 5.30. The summed E-state index contributed by atoms with van der Waals surface area (Å²) in [4.78, 5) is 15.7. The van der Waals surface area contributed by atoms with Gasteiger partial charge in [0.25, 0.3) is 0 Å². The van der Waals surface area contributed by atoms with Gasteiger partial charge in [0, 0.05) is 24.0 Å². The van der Waals surface area contributed by atoms with Crippen molar-refractivity contribution in [2.75, 3.05) is 19.6 Å². The lowest BCUT2D eigenvalue weighted by atomic mass is 9.96. The van der Waals surface area contributed by atoms with Crippen molar-refractivity contribution >= 4 is 17.4 Å². The van der Waals surface area contributed by atoms with Crippen molar-refractivity contribution in [2.24, 2.45) is 5.92 Å². The molecule has 4 nitrogen and oxygen atoms in total. The molecule has 0 radical (unpaired) electrons. The third kappa shape index (κ3) is 5.29. The second-order valence-corrected chi connectivity index (χ2v) is 8.06. The first-order valence-corrected chi connectivity index (χ1v) is 8.97. The van der Waals surface area contributed by atoms with Gasteiger partial charge in [-0.25, -0.2) is 4.79 Å². The summed E-state index contributed by atoms with van der Waals surface area (Å²) in [5.41, 5.74) is -0.434. The molecule has 0 unspecified atom stereocenters. The van der Waals surface area contributed by atoms with Gasteiger partial charge < -0.3 is 10.1 Å². The maximum absolute atomic E-state index is 11.8. The van der Waals surface area contributed by atoms with Gasteiger partial charge in [-0.3, -0.25) is 4.90 Å². The average molecular weight is 324 g/mol. The van der Waals surface area contributed by atoms with E-state index in [0.717, 1.165) is 13.1 Å². The molecule has 2 atom stereocenters. The first-order chi connectivity index (χ1) is 10.3. The van der Waals surface area contributed by atoms with Crippen LogP contribution in [0.3, 0.4) is 0 Å². The Hall–Kier alpha value is -1.07. The Balaban J connectivity index is 1.80. The van der Waals surface area contributed by atoms with Crippen molar-refractivity contribution < 1.29 is 9.53 Å². The number of alkyl carbamates (subject to hydrolysis) is 1. The van der Waals surface area contributed by atoms with Crippen molar-refractivity contribution in [1.29, 1.82) is 0 Å². The van der Waals surface area contributed by atoms with E-state index in [1.165, 1.54) is 17.7 Å². The van der Waals surface area contributed by atoms with E-state index in [0.29, 0.717) is 18.5 Å². The van der Waals surface area contributed by atoms with Crippen LogP contribution in [0.15, 0.2) is 17.5 Å². The molecule has 124 valence electrons. The Morgan fingerprint density at radius 2 is 2.32 bits per heavy atom. The molecule has 22 heavy (non-hydrogen) atoms. The molecule has 1 aliphatic rings. The van der Waals surface area contributed by atoms with Crippen molar-refractivity contribution in [1.82, 2.24) is 10.2 Å². The van der Waals surface area contributed by atoms with E-state index in [1.807, 2.05) is 32.1 Å². The highest BCUT2D eigenvalue weighted by Gasteiger charge is 2.25. The number of nitrogens with zero attached hydrogens (tertiary/aromatic N) is 1. The summed E-state index contributed by atoms with van der Waals surface area (Å²) in [6.07, 6.45) is 2.05. The molecular weight excluding hydrogens is 296 g/mol. The lowest BCUT2D eigenvalue weighted by molar-refractivity contribution is 0.0501. The van der Waals surface area contributed by atoms with Gasteiger partial charge in [0.1, 0.15) is 5.60 Å². The molecule has 1 aromatic heterocycles. The molecule has 1 saturated heterocycles. The van der Waals surface area contributed by atoms with Crippen LogP contribution in [-0.4, -0.2) is 36.2 Å². The SMILES string of the molecule is C[C@@H](c1cccs1)N1CCC[C@@H](CNC(=O)OC(C)(C)C)C1. The molecule has 2 rings (SSSR count). The van der Waals surface area contributed by atoms with Gasteiger partial charge in [-0.1, -0.05) is 6.07 Å². The van der Waals surface area contributed by atoms with Crippen LogP contribution in [-0.2, 0) is 4.74 Å². The minimum atomic E-state index is -0.434. The first-order valence-electron chi connectivity index (χ1n) is 8.09. The minimum Gasteiger partial charge on any atom is -0.444 e. The zero-order chi connectivity index (χ0) is 16.2. The zero-order valence-corrected chi connectivity index (χ0v) is 14.9. The minimum absolute atomic E-state index is 0.309. The van der Waals surface area contributed by atoms with Gasteiger partial charge in [0.05, 0.1) is 0 Å². The van der Waals surface area contributed by atoms with E-state index in [1.54, 1.807) is 0 Å². The number of amides is 1. The first kappa shape index (κ1) is 17.3. The quantitative estimate of drug-likeness (QED) is 0.908. The molecule has 0 saturated carbocycles. The molecule has 0 aromatic carbocycles. The summed E-state index contributed by atoms with van der Waals surface area (Å²) in [5, 5.41) is 5.05. The highest BCUT2D eigenvalue weighted by atomic mass is 32.1. The summed E-state index contributed by atoms with van der Waals surface area (Å²) in [7, 11) is 0. The third-order valence-electron chi connectivity index (χ3n) is 3.99. The number of nitrogens with one attached hydrogen (secondary N) is 1. The van der Waals surface area contributed by atoms with Crippen LogP contribution in [0.2, 0.25) is 0 Å². The number of carbonyl (C=O) groups excluding carboxylic acids is 1. The summed E-state index contributed by atoms with van der Waals surface area (Å²) >= 11 is 1.82. The van der Waals surface area contributed by atoms with E-state index >= 15 is 0 Å². The van der Waals surface area contributed by atoms with E-state index in [-0.39, 0.29) is 6.09 Å². The summed E-state index contributed by atoms with van der Waals surface area (Å²) in [6, 6.07) is 4.78. The Morgan fingerprint density at radius 3 is 2.95 bits per heavy atom. The van der Waals surface area contributed by atoms with Crippen LogP contribution in [0.4, 0.5) is 4.79 Å². The number of hydrogen-bond acceptors (Lipinski definition) is 4. The standard InChI is InChI=1S/C17H28N2O2S/c1-13(15-8-6-10-22-15)19-9-5-7-14(12-19)11-18-16(20)21-17(2,3)4/h6,8,10,13-14H,5,7,9,11-12H2,1-4H3,(H,18,20)/t13-,14-/m0/s1. The molecule has 0 spiro atoms. The van der Waals surface area contributed by atoms with Crippen LogP contribution in [0.25, 0.3) is 0 Å². The average Bonchev–Trinajstić information content (AvgIpc) is 2.97. The molecule has 1 aliphatic heterocycles. The summed E-state index contributed by atoms with van der Waals surface area (Å²) in [5.74, 6) is 0.503. The number of likely N-dealkylation sites (tertiary alicyclic amines) is 1. The Bertz CT molecular complexity index is 468. The van der Waals surface area contributed by atoms with Gasteiger partial charge >= 0.3 is 6.09 Å². The fourth-order valence-electron chi connectivity index (χ4n) is 2.87. The lowest BCUT2D eigenvalue weighted by Crippen LogP contribution is -2.42. The molecule has 0 aliphatic carbocycles. The molecule has 1 amide bonds. The molecule has 1 N–H and O–H groups in total. The maximum Gasteiger partial charge on any atom is 0.407 e. The largest absolute Gasteiger partial charge is 0.444 e. The Labute approximate surface area is 137 Å². The normalized spacial score (nSPS) is 21.4. The van der Waals surface area contributed by atoms with Crippen molar-refractivity contribution in [3.8, 4) is 0 Å². The molecular formula is C17H28N2O2S. The fraction of sp³-hybridized carbons (Fsp3) is 0.706. The fourth-order valence-corrected chi connectivity index (χ4v) is 3.68. The van der Waals surface area contributed by atoms with Gasteiger partial charge in [-0.05, 0) is 64.4 Å². The third-order valence-corrected chi connectivity index (χ3v) is 5.03. The van der Waals surface area contributed by atoms with Crippen LogP contribution < -0.4 is 5.32 Å². The number of ether oxygens (including phenoxy) is 1. The molecule has 0 bridgehead atoms. The lowest BCUT2D eigenvalue weighted by Gasteiger charge is -2.36. The number of piperidine rings is 1. The van der Waals surface area contributed by atoms with Gasteiger partial charge in [0.15, 0.2) is 0 Å². The van der Waals surface area contributed by atoms with E-state index in [2.05, 4.69) is 34.7 Å². The summed E-state index contributed by atoms with van der Waals surface area (Å²) in [6.45, 7) is 10.8. The van der Waals surface area contributed by atoms with Crippen LogP contribution in [0, 0.1) is 5.92 Å². The van der Waals surface area contributed by atoms with Crippen LogP contribution in [0.1, 0.15) is 51.5 Å². The predicted octanol–water partition coefficient (Wildman–Crippen LogP) is 4.05. The van der Waals surface area contributed by atoms with Gasteiger partial charge in [0.2, 0.25) is 0 Å². The van der Waals surface area contributed by atoms with E-state index < -0.39 is 5.60 Å². The highest BCUT2D eigenvalue weighted by molar-refractivity contribution is 7.10. The molecule has 1 fully saturated rings. The Kier molecular flexibility index (Phi) is 5.87. The smallest absolute Gasteiger partial charge is 0.407 e. The zero-order valence-electron chi connectivity index (χ0n) is 14.1. The van der Waals surface area contributed by atoms with Crippen LogP contribution in [0.5, 0.6) is 0 Å². The molecule has 2 heterocycles. The highest BCUT2D eigenvalue weighted by Crippen LogP contribution is 2.28. The van der Waals surface area contributed by atoms with Crippen molar-refractivity contribution in [2.45, 2.75) is 52.2 Å². The number of thiophene rings is 1. The second-order valence-electron chi connectivity index (χ2n) is 7.08. The molecule has 1 aromatic rings. The van der Waals surface area contributed by atoms with Crippen molar-refractivity contribution in [3.63, 3.8) is 0 Å². The predicted molar refractivity (Wildman–Crippen MR) is 91.3 cm³/mol. The van der Waals surface area contributed by atoms with Crippen molar-refractivity contribution in [3.05, 3.63) is 22.4 Å². The number of carbonyl (C=O) groups is 1. The topological polar surface area (TPSA) is 41.6 Å². The number of hydrogen-bond donors (Lipinski definition) is 1. The second kappa shape index (κ2) is 7.47. The van der Waals surface area contributed by atoms with Gasteiger partial charge in [-0.15, -0.1) is 11.3 Å². The van der Waals surface area contributed by atoms with E-state index in [4.69, 9.17) is 4.74 Å². The van der Waals surface area contributed by atoms with Crippen LogP contribution >= 0.6 is 11.3 Å². The maximum atomic E-state index is 11.8. The number of rotatable bonds is 4. The van der Waals surface area contributed by atoms with E-state index in [9.17, 15) is 4.79 Å².